The molecule has 3 rings (SSSR count). The molecule has 4 nitrogen and oxygen atoms in total. The summed E-state index contributed by atoms with van der Waals surface area (Å²) >= 11 is 0. The van der Waals surface area contributed by atoms with E-state index in [1.54, 1.807) is 4.90 Å². The molecule has 1 saturated carbocycles. The molecule has 1 saturated heterocycles. The molecule has 7 heteroatoms. The lowest BCUT2D eigenvalue weighted by atomic mass is 9.90. The maximum atomic E-state index is 13.5. The van der Waals surface area contributed by atoms with Crippen molar-refractivity contribution in [3.63, 3.8) is 0 Å². The molecule has 1 heterocycles. The molecule has 1 aromatic rings. The van der Waals surface area contributed by atoms with Crippen LogP contribution in [0.2, 0.25) is 0 Å². The number of alkyl halides is 2. The second kappa shape index (κ2) is 11.0. The lowest BCUT2D eigenvalue weighted by Crippen LogP contribution is -2.45. The molecule has 0 spiro atoms. The van der Waals surface area contributed by atoms with Gasteiger partial charge in [-0.3, -0.25) is 0 Å². The van der Waals surface area contributed by atoms with Gasteiger partial charge in [-0.15, -0.1) is 12.4 Å². The van der Waals surface area contributed by atoms with Crippen molar-refractivity contribution >= 4 is 18.5 Å². The number of amides is 1. The first-order chi connectivity index (χ1) is 13.0. The van der Waals surface area contributed by atoms with Crippen LogP contribution in [0.3, 0.4) is 0 Å². The van der Waals surface area contributed by atoms with E-state index in [-0.39, 0.29) is 44.0 Å². The minimum Gasteiger partial charge on any atom is -0.445 e. The van der Waals surface area contributed by atoms with Crippen molar-refractivity contribution in [1.82, 2.24) is 10.2 Å². The van der Waals surface area contributed by atoms with Crippen molar-refractivity contribution in [2.75, 3.05) is 19.6 Å². The molecule has 158 valence electrons. The summed E-state index contributed by atoms with van der Waals surface area (Å²) in [5, 5.41) is 3.39. The Balaban J connectivity index is 0.00000280. The van der Waals surface area contributed by atoms with Crippen molar-refractivity contribution in [2.45, 2.75) is 63.5 Å². The average Bonchev–Trinajstić information content (AvgIpc) is 2.69. The molecular weight excluding hydrogens is 386 g/mol. The first-order valence-electron chi connectivity index (χ1n) is 10.1. The van der Waals surface area contributed by atoms with E-state index in [0.717, 1.165) is 37.9 Å². The molecule has 2 fully saturated rings. The van der Waals surface area contributed by atoms with E-state index in [2.05, 4.69) is 5.32 Å². The van der Waals surface area contributed by atoms with Gasteiger partial charge in [0.15, 0.2) is 0 Å². The molecule has 1 aliphatic carbocycles. The van der Waals surface area contributed by atoms with E-state index in [1.165, 1.54) is 0 Å². The van der Waals surface area contributed by atoms with Gasteiger partial charge in [0, 0.05) is 25.4 Å². The van der Waals surface area contributed by atoms with Gasteiger partial charge in [-0.25, -0.2) is 13.6 Å². The van der Waals surface area contributed by atoms with Crippen LogP contribution >= 0.6 is 12.4 Å². The lowest BCUT2D eigenvalue weighted by molar-refractivity contribution is -0.0535. The Kier molecular flexibility index (Phi) is 8.96. The number of ether oxygens (including phenoxy) is 1. The number of hydrogen-bond acceptors (Lipinski definition) is 3. The van der Waals surface area contributed by atoms with Gasteiger partial charge in [0.05, 0.1) is 0 Å². The van der Waals surface area contributed by atoms with Gasteiger partial charge < -0.3 is 15.0 Å². The van der Waals surface area contributed by atoms with Crippen molar-refractivity contribution in [2.24, 2.45) is 5.92 Å². The maximum Gasteiger partial charge on any atom is 0.410 e. The summed E-state index contributed by atoms with van der Waals surface area (Å²) < 4.78 is 32.6. The van der Waals surface area contributed by atoms with E-state index < -0.39 is 5.92 Å². The number of carbonyl (C=O) groups excluding carboxylic acids is 1. The quantitative estimate of drug-likeness (QED) is 0.708. The Morgan fingerprint density at radius 3 is 2.54 bits per heavy atom. The molecule has 28 heavy (non-hydrogen) atoms. The van der Waals surface area contributed by atoms with Crippen LogP contribution < -0.4 is 5.32 Å². The van der Waals surface area contributed by atoms with Gasteiger partial charge in [0.2, 0.25) is 5.92 Å². The van der Waals surface area contributed by atoms with Crippen molar-refractivity contribution in [1.29, 1.82) is 0 Å². The van der Waals surface area contributed by atoms with E-state index >= 15 is 0 Å². The van der Waals surface area contributed by atoms with Crippen LogP contribution in [-0.4, -0.2) is 42.6 Å². The molecular formula is C21H31ClF2N2O2. The van der Waals surface area contributed by atoms with Crippen LogP contribution in [0.1, 0.15) is 50.5 Å². The fraction of sp³-hybridized carbons (Fsp3) is 0.667. The summed E-state index contributed by atoms with van der Waals surface area (Å²) in [5.41, 5.74) is 0.928. The number of carbonyl (C=O) groups is 1. The molecule has 0 unspecified atom stereocenters. The molecule has 1 atom stereocenters. The number of hydrogen-bond donors (Lipinski definition) is 1. The zero-order chi connectivity index (χ0) is 19.1. The highest BCUT2D eigenvalue weighted by Gasteiger charge is 2.38. The van der Waals surface area contributed by atoms with E-state index in [4.69, 9.17) is 4.74 Å². The zero-order valence-electron chi connectivity index (χ0n) is 16.2. The molecule has 0 aromatic heterocycles. The molecule has 0 bridgehead atoms. The smallest absolute Gasteiger partial charge is 0.410 e. The summed E-state index contributed by atoms with van der Waals surface area (Å²) in [6.45, 7) is 2.81. The summed E-state index contributed by atoms with van der Waals surface area (Å²) in [6, 6.07) is 9.39. The van der Waals surface area contributed by atoms with Crippen LogP contribution in [-0.2, 0) is 11.3 Å². The van der Waals surface area contributed by atoms with Crippen LogP contribution in [0.15, 0.2) is 30.3 Å². The molecule has 1 amide bonds. The number of rotatable bonds is 6. The third-order valence-corrected chi connectivity index (χ3v) is 5.74. The Hall–Kier alpha value is -1.40. The number of benzene rings is 1. The first kappa shape index (κ1) is 22.9. The van der Waals surface area contributed by atoms with Crippen molar-refractivity contribution < 1.29 is 18.3 Å². The Morgan fingerprint density at radius 2 is 1.89 bits per heavy atom. The maximum absolute atomic E-state index is 13.5. The zero-order valence-corrected chi connectivity index (χ0v) is 17.1. The minimum atomic E-state index is -2.59. The highest BCUT2D eigenvalue weighted by Crippen LogP contribution is 2.35. The van der Waals surface area contributed by atoms with Crippen molar-refractivity contribution in [3.8, 4) is 0 Å². The van der Waals surface area contributed by atoms with Crippen LogP contribution in [0.4, 0.5) is 13.6 Å². The molecule has 2 aliphatic rings. The van der Waals surface area contributed by atoms with Crippen molar-refractivity contribution in [3.05, 3.63) is 35.9 Å². The van der Waals surface area contributed by atoms with E-state index in [1.807, 2.05) is 30.3 Å². The largest absolute Gasteiger partial charge is 0.445 e. The third kappa shape index (κ3) is 6.89. The number of nitrogens with zero attached hydrogens (tertiary/aromatic N) is 1. The highest BCUT2D eigenvalue weighted by molar-refractivity contribution is 5.85. The molecule has 1 aliphatic heterocycles. The number of piperidine rings is 1. The standard InChI is InChI=1S/C21H30F2N2O2.ClH/c22-21(23)11-8-19(9-12-21)25(14-10-17-7-4-13-24-15-17)20(26)27-16-18-5-2-1-3-6-18;/h1-3,5-6,17,19,24H,4,7-16H2;1H/t17-;/m1./s1. The Labute approximate surface area is 172 Å². The van der Waals surface area contributed by atoms with Gasteiger partial charge in [0.25, 0.3) is 0 Å². The topological polar surface area (TPSA) is 41.6 Å². The van der Waals surface area contributed by atoms with Gasteiger partial charge in [-0.1, -0.05) is 30.3 Å². The number of nitrogens with one attached hydrogen (secondary N) is 1. The average molecular weight is 417 g/mol. The summed E-state index contributed by atoms with van der Waals surface area (Å²) in [6.07, 6.45) is 3.21. The lowest BCUT2D eigenvalue weighted by Gasteiger charge is -2.37. The Morgan fingerprint density at radius 1 is 1.18 bits per heavy atom. The molecule has 1 N–H and O–H groups in total. The fourth-order valence-electron chi connectivity index (χ4n) is 4.05. The molecule has 0 radical (unpaired) electrons. The number of halogens is 3. The van der Waals surface area contributed by atoms with Crippen LogP contribution in [0.25, 0.3) is 0 Å². The first-order valence-corrected chi connectivity index (χ1v) is 10.1. The fourth-order valence-corrected chi connectivity index (χ4v) is 4.05. The van der Waals surface area contributed by atoms with Crippen LogP contribution in [0.5, 0.6) is 0 Å². The summed E-state index contributed by atoms with van der Waals surface area (Å²) in [5.74, 6) is -2.06. The minimum absolute atomic E-state index is 0. The van der Waals surface area contributed by atoms with Gasteiger partial charge in [0.1, 0.15) is 6.61 Å². The summed E-state index contributed by atoms with van der Waals surface area (Å²) in [4.78, 5) is 14.5. The SMILES string of the molecule is Cl.O=C(OCc1ccccc1)N(CC[C@H]1CCCNC1)C1CCC(F)(F)CC1. The van der Waals surface area contributed by atoms with Gasteiger partial charge in [-0.05, 0) is 56.7 Å². The monoisotopic (exact) mass is 416 g/mol. The normalized spacial score (nSPS) is 22.1. The predicted octanol–water partition coefficient (Wildman–Crippen LogP) is 5.01. The highest BCUT2D eigenvalue weighted by atomic mass is 35.5. The predicted molar refractivity (Wildman–Crippen MR) is 108 cm³/mol. The van der Waals surface area contributed by atoms with Crippen LogP contribution in [0, 0.1) is 5.92 Å². The van der Waals surface area contributed by atoms with Gasteiger partial charge >= 0.3 is 6.09 Å². The second-order valence-electron chi connectivity index (χ2n) is 7.82. The molecule has 1 aromatic carbocycles. The van der Waals surface area contributed by atoms with E-state index in [9.17, 15) is 13.6 Å². The Bertz CT molecular complexity index is 587. The third-order valence-electron chi connectivity index (χ3n) is 5.74. The summed E-state index contributed by atoms with van der Waals surface area (Å²) in [7, 11) is 0. The van der Waals surface area contributed by atoms with E-state index in [0.29, 0.717) is 25.3 Å². The van der Waals surface area contributed by atoms with Gasteiger partial charge in [-0.2, -0.15) is 0 Å². The second-order valence-corrected chi connectivity index (χ2v) is 7.82.